The summed E-state index contributed by atoms with van der Waals surface area (Å²) in [5.74, 6) is 3.76. The van der Waals surface area contributed by atoms with E-state index < -0.39 is 0 Å². The number of piperidine rings is 1. The summed E-state index contributed by atoms with van der Waals surface area (Å²) in [6.45, 7) is 8.01. The van der Waals surface area contributed by atoms with Crippen molar-refractivity contribution in [1.82, 2.24) is 10.2 Å². The van der Waals surface area contributed by atoms with Crippen LogP contribution in [0.3, 0.4) is 0 Å². The van der Waals surface area contributed by atoms with Crippen LogP contribution in [-0.2, 0) is 0 Å². The lowest BCUT2D eigenvalue weighted by Gasteiger charge is -2.38. The predicted octanol–water partition coefficient (Wildman–Crippen LogP) is 1.72. The van der Waals surface area contributed by atoms with Crippen LogP contribution < -0.4 is 5.32 Å². The molecular weight excluding hydrogens is 196 g/mol. The first-order valence-corrected chi connectivity index (χ1v) is 6.58. The molecular formula is C14H24N2. The third-order valence-corrected chi connectivity index (χ3v) is 3.94. The minimum atomic E-state index is 0.483. The van der Waals surface area contributed by atoms with Gasteiger partial charge in [-0.2, -0.15) is 0 Å². The lowest BCUT2D eigenvalue weighted by molar-refractivity contribution is 0.135. The van der Waals surface area contributed by atoms with E-state index >= 15 is 0 Å². The zero-order chi connectivity index (χ0) is 11.4. The number of nitrogens with zero attached hydrogens (tertiary/aromatic N) is 1. The minimum absolute atomic E-state index is 0.483. The van der Waals surface area contributed by atoms with E-state index in [1.54, 1.807) is 0 Å². The van der Waals surface area contributed by atoms with Crippen molar-refractivity contribution in [1.29, 1.82) is 0 Å². The molecule has 2 fully saturated rings. The summed E-state index contributed by atoms with van der Waals surface area (Å²) >= 11 is 0. The second-order valence-electron chi connectivity index (χ2n) is 5.88. The normalized spacial score (nSPS) is 24.3. The van der Waals surface area contributed by atoms with Gasteiger partial charge in [-0.25, -0.2) is 0 Å². The standard InChI is InChI=1S/C14H24N2/c1-3-10-16(11-13-4-5-13)12-14(2)6-8-15-9-7-14/h1,13,15H,4-12H2,2H3. The average Bonchev–Trinajstić information content (AvgIpc) is 3.02. The highest BCUT2D eigenvalue weighted by Crippen LogP contribution is 2.33. The zero-order valence-electron chi connectivity index (χ0n) is 10.5. The fourth-order valence-electron chi connectivity index (χ4n) is 2.71. The quantitative estimate of drug-likeness (QED) is 0.710. The Morgan fingerprint density at radius 2 is 2.06 bits per heavy atom. The monoisotopic (exact) mass is 220 g/mol. The van der Waals surface area contributed by atoms with Gasteiger partial charge in [0.1, 0.15) is 0 Å². The lowest BCUT2D eigenvalue weighted by Crippen LogP contribution is -2.43. The van der Waals surface area contributed by atoms with Crippen LogP contribution in [0.4, 0.5) is 0 Å². The van der Waals surface area contributed by atoms with E-state index in [4.69, 9.17) is 6.42 Å². The molecule has 0 aromatic rings. The average molecular weight is 220 g/mol. The van der Waals surface area contributed by atoms with Gasteiger partial charge in [0.15, 0.2) is 0 Å². The second kappa shape index (κ2) is 5.21. The predicted molar refractivity (Wildman–Crippen MR) is 68.2 cm³/mol. The fourth-order valence-corrected chi connectivity index (χ4v) is 2.71. The Labute approximate surface area is 99.8 Å². The molecule has 1 N–H and O–H groups in total. The zero-order valence-corrected chi connectivity index (χ0v) is 10.5. The van der Waals surface area contributed by atoms with Crippen molar-refractivity contribution in [3.05, 3.63) is 0 Å². The molecule has 2 nitrogen and oxygen atoms in total. The molecule has 2 aliphatic rings. The maximum absolute atomic E-state index is 5.47. The molecule has 0 bridgehead atoms. The van der Waals surface area contributed by atoms with Crippen LogP contribution in [0, 0.1) is 23.7 Å². The van der Waals surface area contributed by atoms with Crippen LogP contribution in [0.2, 0.25) is 0 Å². The van der Waals surface area contributed by atoms with Crippen LogP contribution in [0.25, 0.3) is 0 Å². The number of nitrogens with one attached hydrogen (secondary N) is 1. The Morgan fingerprint density at radius 3 is 2.62 bits per heavy atom. The summed E-state index contributed by atoms with van der Waals surface area (Å²) in [5.41, 5.74) is 0.483. The first-order chi connectivity index (χ1) is 7.72. The van der Waals surface area contributed by atoms with Gasteiger partial charge in [-0.3, -0.25) is 4.90 Å². The van der Waals surface area contributed by atoms with E-state index in [9.17, 15) is 0 Å². The molecule has 0 unspecified atom stereocenters. The van der Waals surface area contributed by atoms with Crippen LogP contribution >= 0.6 is 0 Å². The van der Waals surface area contributed by atoms with Gasteiger partial charge in [-0.05, 0) is 50.1 Å². The SMILES string of the molecule is C#CCN(CC1CC1)CC1(C)CCNCC1. The Morgan fingerprint density at radius 1 is 1.38 bits per heavy atom. The number of terminal acetylenes is 1. The summed E-state index contributed by atoms with van der Waals surface area (Å²) in [6.07, 6.45) is 10.9. The molecule has 1 aliphatic carbocycles. The highest BCUT2D eigenvalue weighted by molar-refractivity contribution is 4.93. The van der Waals surface area contributed by atoms with E-state index in [1.165, 1.54) is 51.9 Å². The third kappa shape index (κ3) is 3.50. The van der Waals surface area contributed by atoms with E-state index in [0.717, 1.165) is 12.5 Å². The van der Waals surface area contributed by atoms with Gasteiger partial charge in [0.25, 0.3) is 0 Å². The molecule has 16 heavy (non-hydrogen) atoms. The number of hydrogen-bond acceptors (Lipinski definition) is 2. The van der Waals surface area contributed by atoms with Gasteiger partial charge in [-0.15, -0.1) is 6.42 Å². The lowest BCUT2D eigenvalue weighted by atomic mass is 9.80. The number of rotatable bonds is 5. The molecule has 0 spiro atoms. The second-order valence-corrected chi connectivity index (χ2v) is 5.88. The molecule has 1 heterocycles. The first kappa shape index (κ1) is 12.0. The van der Waals surface area contributed by atoms with Crippen molar-refractivity contribution in [2.75, 3.05) is 32.7 Å². The van der Waals surface area contributed by atoms with E-state index in [1.807, 2.05) is 0 Å². The first-order valence-electron chi connectivity index (χ1n) is 6.58. The van der Waals surface area contributed by atoms with Crippen molar-refractivity contribution in [3.8, 4) is 12.3 Å². The van der Waals surface area contributed by atoms with Crippen molar-refractivity contribution >= 4 is 0 Å². The van der Waals surface area contributed by atoms with E-state index in [2.05, 4.69) is 23.1 Å². The maximum atomic E-state index is 5.47. The molecule has 0 aromatic carbocycles. The summed E-state index contributed by atoms with van der Waals surface area (Å²) in [7, 11) is 0. The molecule has 0 aromatic heterocycles. The van der Waals surface area contributed by atoms with Gasteiger partial charge in [-0.1, -0.05) is 12.8 Å². The van der Waals surface area contributed by atoms with Gasteiger partial charge in [0, 0.05) is 13.1 Å². The third-order valence-electron chi connectivity index (χ3n) is 3.94. The van der Waals surface area contributed by atoms with Crippen molar-refractivity contribution in [2.24, 2.45) is 11.3 Å². The molecule has 2 rings (SSSR count). The Bertz CT molecular complexity index is 256. The highest BCUT2D eigenvalue weighted by Gasteiger charge is 2.31. The van der Waals surface area contributed by atoms with E-state index in [0.29, 0.717) is 5.41 Å². The van der Waals surface area contributed by atoms with Crippen molar-refractivity contribution in [2.45, 2.75) is 32.6 Å². The maximum Gasteiger partial charge on any atom is 0.0599 e. The van der Waals surface area contributed by atoms with E-state index in [-0.39, 0.29) is 0 Å². The summed E-state index contributed by atoms with van der Waals surface area (Å²) in [5, 5.41) is 3.44. The molecule has 1 saturated carbocycles. The van der Waals surface area contributed by atoms with Gasteiger partial charge < -0.3 is 5.32 Å². The molecule has 1 saturated heterocycles. The largest absolute Gasteiger partial charge is 0.317 e. The fraction of sp³-hybridized carbons (Fsp3) is 0.857. The van der Waals surface area contributed by atoms with Crippen LogP contribution in [0.1, 0.15) is 32.6 Å². The Kier molecular flexibility index (Phi) is 3.89. The molecule has 0 atom stereocenters. The number of hydrogen-bond donors (Lipinski definition) is 1. The van der Waals surface area contributed by atoms with Crippen molar-refractivity contribution < 1.29 is 0 Å². The Hall–Kier alpha value is -0.520. The highest BCUT2D eigenvalue weighted by atomic mass is 15.1. The molecule has 90 valence electrons. The molecule has 1 aliphatic heterocycles. The Balaban J connectivity index is 1.84. The van der Waals surface area contributed by atoms with Crippen molar-refractivity contribution in [3.63, 3.8) is 0 Å². The summed E-state index contributed by atoms with van der Waals surface area (Å²) in [6, 6.07) is 0. The summed E-state index contributed by atoms with van der Waals surface area (Å²) in [4.78, 5) is 2.50. The van der Waals surface area contributed by atoms with Crippen LogP contribution in [0.5, 0.6) is 0 Å². The van der Waals surface area contributed by atoms with Gasteiger partial charge in [0.2, 0.25) is 0 Å². The van der Waals surface area contributed by atoms with Gasteiger partial charge >= 0.3 is 0 Å². The molecule has 2 heteroatoms. The topological polar surface area (TPSA) is 15.3 Å². The molecule has 0 radical (unpaired) electrons. The molecule has 0 amide bonds. The van der Waals surface area contributed by atoms with Crippen LogP contribution in [0.15, 0.2) is 0 Å². The van der Waals surface area contributed by atoms with Crippen LogP contribution in [-0.4, -0.2) is 37.6 Å². The smallest absolute Gasteiger partial charge is 0.0599 e. The summed E-state index contributed by atoms with van der Waals surface area (Å²) < 4.78 is 0. The van der Waals surface area contributed by atoms with Gasteiger partial charge in [0.05, 0.1) is 6.54 Å². The minimum Gasteiger partial charge on any atom is -0.317 e.